The Morgan fingerprint density at radius 2 is 2.29 bits per heavy atom. The normalized spacial score (nSPS) is 12.6. The number of nitrogens with one attached hydrogen (secondary N) is 1. The van der Waals surface area contributed by atoms with Crippen molar-refractivity contribution in [3.8, 4) is 0 Å². The molecule has 90 valence electrons. The van der Waals surface area contributed by atoms with Crippen molar-refractivity contribution in [3.63, 3.8) is 0 Å². The standard InChI is InChI=1S/C13H17N3S/c1-3-14-12(9-13-15-7-8-17-13)11-6-4-5-10(2)16-11/h4-8,12,14H,3,9H2,1-2H3. The van der Waals surface area contributed by atoms with Gasteiger partial charge in [-0.25, -0.2) is 4.98 Å². The first-order valence-electron chi connectivity index (χ1n) is 5.85. The first-order valence-corrected chi connectivity index (χ1v) is 6.73. The molecule has 4 heteroatoms. The van der Waals surface area contributed by atoms with Crippen LogP contribution in [0.15, 0.2) is 29.8 Å². The van der Waals surface area contributed by atoms with Gasteiger partial charge in [-0.1, -0.05) is 13.0 Å². The summed E-state index contributed by atoms with van der Waals surface area (Å²) < 4.78 is 0. The van der Waals surface area contributed by atoms with Gasteiger partial charge in [-0.15, -0.1) is 11.3 Å². The summed E-state index contributed by atoms with van der Waals surface area (Å²) in [6, 6.07) is 6.42. The van der Waals surface area contributed by atoms with Gasteiger partial charge in [0.1, 0.15) is 0 Å². The lowest BCUT2D eigenvalue weighted by Crippen LogP contribution is -2.24. The Hall–Kier alpha value is -1.26. The van der Waals surface area contributed by atoms with E-state index >= 15 is 0 Å². The number of aryl methyl sites for hydroxylation is 1. The Morgan fingerprint density at radius 1 is 1.41 bits per heavy atom. The summed E-state index contributed by atoms with van der Waals surface area (Å²) in [5, 5.41) is 6.64. The quantitative estimate of drug-likeness (QED) is 0.883. The molecule has 2 heterocycles. The molecule has 0 aliphatic heterocycles. The fraction of sp³-hybridized carbons (Fsp3) is 0.385. The Bertz CT molecular complexity index is 453. The minimum absolute atomic E-state index is 0.256. The molecule has 0 saturated heterocycles. The second-order valence-electron chi connectivity index (χ2n) is 3.94. The largest absolute Gasteiger partial charge is 0.309 e. The average Bonchev–Trinajstić information content (AvgIpc) is 2.81. The Labute approximate surface area is 106 Å². The van der Waals surface area contributed by atoms with E-state index in [0.717, 1.165) is 29.4 Å². The van der Waals surface area contributed by atoms with E-state index < -0.39 is 0 Å². The van der Waals surface area contributed by atoms with Gasteiger partial charge in [0.15, 0.2) is 0 Å². The van der Waals surface area contributed by atoms with Crippen LogP contribution in [0.25, 0.3) is 0 Å². The first-order chi connectivity index (χ1) is 8.29. The monoisotopic (exact) mass is 247 g/mol. The van der Waals surface area contributed by atoms with Crippen molar-refractivity contribution < 1.29 is 0 Å². The molecular weight excluding hydrogens is 230 g/mol. The maximum atomic E-state index is 4.59. The predicted octanol–water partition coefficient (Wildman–Crippen LogP) is 2.74. The zero-order valence-electron chi connectivity index (χ0n) is 10.2. The third-order valence-corrected chi connectivity index (χ3v) is 3.38. The molecule has 3 nitrogen and oxygen atoms in total. The molecule has 0 amide bonds. The molecular formula is C13H17N3S. The van der Waals surface area contributed by atoms with Crippen molar-refractivity contribution in [3.05, 3.63) is 46.2 Å². The molecule has 0 aromatic carbocycles. The minimum Gasteiger partial charge on any atom is -0.309 e. The van der Waals surface area contributed by atoms with Crippen LogP contribution < -0.4 is 5.32 Å². The summed E-state index contributed by atoms with van der Waals surface area (Å²) in [5.74, 6) is 0. The Kier molecular flexibility index (Phi) is 4.23. The Morgan fingerprint density at radius 3 is 2.94 bits per heavy atom. The SMILES string of the molecule is CCNC(Cc1nccs1)c1cccc(C)n1. The zero-order valence-corrected chi connectivity index (χ0v) is 11.0. The summed E-state index contributed by atoms with van der Waals surface area (Å²) in [6.07, 6.45) is 2.76. The number of nitrogens with zero attached hydrogens (tertiary/aromatic N) is 2. The van der Waals surface area contributed by atoms with E-state index in [9.17, 15) is 0 Å². The third kappa shape index (κ3) is 3.35. The molecule has 0 aliphatic carbocycles. The molecule has 1 atom stereocenters. The highest BCUT2D eigenvalue weighted by Crippen LogP contribution is 2.18. The van der Waals surface area contributed by atoms with Gasteiger partial charge in [-0.2, -0.15) is 0 Å². The molecule has 0 bridgehead atoms. The number of hydrogen-bond acceptors (Lipinski definition) is 4. The van der Waals surface area contributed by atoms with Crippen molar-refractivity contribution >= 4 is 11.3 Å². The molecule has 0 spiro atoms. The van der Waals surface area contributed by atoms with Gasteiger partial charge < -0.3 is 5.32 Å². The van der Waals surface area contributed by atoms with Crippen molar-refractivity contribution in [2.75, 3.05) is 6.54 Å². The molecule has 0 radical (unpaired) electrons. The molecule has 0 saturated carbocycles. The first kappa shape index (κ1) is 12.2. The molecule has 1 unspecified atom stereocenters. The number of hydrogen-bond donors (Lipinski definition) is 1. The number of rotatable bonds is 5. The van der Waals surface area contributed by atoms with Crippen LogP contribution in [-0.4, -0.2) is 16.5 Å². The Balaban J connectivity index is 2.16. The van der Waals surface area contributed by atoms with Crippen LogP contribution in [0.1, 0.15) is 29.4 Å². The van der Waals surface area contributed by atoms with E-state index in [1.807, 2.05) is 24.6 Å². The van der Waals surface area contributed by atoms with Crippen LogP contribution in [0.2, 0.25) is 0 Å². The smallest absolute Gasteiger partial charge is 0.0944 e. The number of thiazole rings is 1. The van der Waals surface area contributed by atoms with Crippen molar-refractivity contribution in [2.45, 2.75) is 26.3 Å². The van der Waals surface area contributed by atoms with Gasteiger partial charge in [-0.05, 0) is 25.6 Å². The highest BCUT2D eigenvalue weighted by Gasteiger charge is 2.13. The van der Waals surface area contributed by atoms with Crippen LogP contribution in [0.5, 0.6) is 0 Å². The van der Waals surface area contributed by atoms with Crippen molar-refractivity contribution in [1.82, 2.24) is 15.3 Å². The van der Waals surface area contributed by atoms with Gasteiger partial charge in [0.25, 0.3) is 0 Å². The molecule has 0 aliphatic rings. The van der Waals surface area contributed by atoms with Gasteiger partial charge in [-0.3, -0.25) is 4.98 Å². The highest BCUT2D eigenvalue weighted by atomic mass is 32.1. The van der Waals surface area contributed by atoms with E-state index in [1.165, 1.54) is 0 Å². The summed E-state index contributed by atoms with van der Waals surface area (Å²) in [7, 11) is 0. The lowest BCUT2D eigenvalue weighted by molar-refractivity contribution is 0.534. The molecule has 0 fully saturated rings. The van der Waals surface area contributed by atoms with Crippen LogP contribution >= 0.6 is 11.3 Å². The summed E-state index contributed by atoms with van der Waals surface area (Å²) in [4.78, 5) is 8.92. The fourth-order valence-electron chi connectivity index (χ4n) is 1.81. The second-order valence-corrected chi connectivity index (χ2v) is 4.92. The predicted molar refractivity (Wildman–Crippen MR) is 71.2 cm³/mol. The highest BCUT2D eigenvalue weighted by molar-refractivity contribution is 7.09. The van der Waals surface area contributed by atoms with Crippen LogP contribution in [0.4, 0.5) is 0 Å². The number of pyridine rings is 1. The van der Waals surface area contributed by atoms with E-state index in [2.05, 4.69) is 34.3 Å². The molecule has 2 aromatic heterocycles. The second kappa shape index (κ2) is 5.89. The van der Waals surface area contributed by atoms with Crippen LogP contribution in [-0.2, 0) is 6.42 Å². The molecule has 2 rings (SSSR count). The maximum Gasteiger partial charge on any atom is 0.0944 e. The number of likely N-dealkylation sites (N-methyl/N-ethyl adjacent to an activating group) is 1. The molecule has 17 heavy (non-hydrogen) atoms. The summed E-state index contributed by atoms with van der Waals surface area (Å²) in [6.45, 7) is 5.08. The van der Waals surface area contributed by atoms with E-state index in [-0.39, 0.29) is 6.04 Å². The topological polar surface area (TPSA) is 37.8 Å². The molecule has 2 aromatic rings. The van der Waals surface area contributed by atoms with E-state index in [0.29, 0.717) is 0 Å². The van der Waals surface area contributed by atoms with Gasteiger partial charge >= 0.3 is 0 Å². The zero-order chi connectivity index (χ0) is 12.1. The average molecular weight is 247 g/mol. The maximum absolute atomic E-state index is 4.59. The van der Waals surface area contributed by atoms with Gasteiger partial charge in [0.05, 0.1) is 16.7 Å². The van der Waals surface area contributed by atoms with Crippen LogP contribution in [0, 0.1) is 6.92 Å². The summed E-state index contributed by atoms with van der Waals surface area (Å²) in [5.41, 5.74) is 2.16. The third-order valence-electron chi connectivity index (χ3n) is 2.58. The fourth-order valence-corrected chi connectivity index (χ4v) is 2.48. The van der Waals surface area contributed by atoms with Gasteiger partial charge in [0, 0.05) is 23.7 Å². The van der Waals surface area contributed by atoms with E-state index in [4.69, 9.17) is 0 Å². The van der Waals surface area contributed by atoms with Crippen molar-refractivity contribution in [2.24, 2.45) is 0 Å². The van der Waals surface area contributed by atoms with Crippen LogP contribution in [0.3, 0.4) is 0 Å². The minimum atomic E-state index is 0.256. The molecule has 1 N–H and O–H groups in total. The lowest BCUT2D eigenvalue weighted by atomic mass is 10.1. The lowest BCUT2D eigenvalue weighted by Gasteiger charge is -2.16. The van der Waals surface area contributed by atoms with Crippen molar-refractivity contribution in [1.29, 1.82) is 0 Å². The number of aromatic nitrogens is 2. The van der Waals surface area contributed by atoms with Gasteiger partial charge in [0.2, 0.25) is 0 Å². The van der Waals surface area contributed by atoms with E-state index in [1.54, 1.807) is 11.3 Å². The summed E-state index contributed by atoms with van der Waals surface area (Å²) >= 11 is 1.70.